The lowest BCUT2D eigenvalue weighted by atomic mass is 9.52. The van der Waals surface area contributed by atoms with Gasteiger partial charge in [-0.1, -0.05) is 24.3 Å². The van der Waals surface area contributed by atoms with E-state index >= 15 is 0 Å². The number of hydrogen-bond donors (Lipinski definition) is 0. The minimum atomic E-state index is -0.276. The highest BCUT2D eigenvalue weighted by Gasteiger charge is 2.59. The van der Waals surface area contributed by atoms with Gasteiger partial charge in [0, 0.05) is 49.5 Å². The van der Waals surface area contributed by atoms with E-state index in [2.05, 4.69) is 6.07 Å². The van der Waals surface area contributed by atoms with E-state index in [0.717, 1.165) is 100 Å². The van der Waals surface area contributed by atoms with Crippen LogP contribution in [0, 0.1) is 17.8 Å². The lowest BCUT2D eigenvalue weighted by Gasteiger charge is -2.53. The zero-order valence-corrected chi connectivity index (χ0v) is 23.0. The van der Waals surface area contributed by atoms with Crippen LogP contribution in [-0.4, -0.2) is 61.4 Å². The third kappa shape index (κ3) is 4.45. The van der Waals surface area contributed by atoms with Crippen molar-refractivity contribution in [3.8, 4) is 23.0 Å². The number of nitrogens with zero attached hydrogens (tertiary/aromatic N) is 2. The molecule has 0 N–H and O–H groups in total. The highest BCUT2D eigenvalue weighted by Crippen LogP contribution is 2.59. The molecule has 2 aromatic rings. The summed E-state index contributed by atoms with van der Waals surface area (Å²) in [5.74, 6) is 2.49. The van der Waals surface area contributed by atoms with Gasteiger partial charge in [0.1, 0.15) is 0 Å². The summed E-state index contributed by atoms with van der Waals surface area (Å²) < 4.78 is 23.1. The van der Waals surface area contributed by atoms with E-state index in [4.69, 9.17) is 18.9 Å². The number of piperidine rings is 2. The zero-order chi connectivity index (χ0) is 27.1. The van der Waals surface area contributed by atoms with Crippen molar-refractivity contribution in [3.63, 3.8) is 0 Å². The summed E-state index contributed by atoms with van der Waals surface area (Å²) in [6.07, 6.45) is 7.93. The van der Waals surface area contributed by atoms with Gasteiger partial charge in [-0.25, -0.2) is 0 Å². The molecule has 1 aliphatic carbocycles. The van der Waals surface area contributed by atoms with Crippen LogP contribution in [0.25, 0.3) is 0 Å². The number of carbonyl (C=O) groups excluding carboxylic acids is 2. The Morgan fingerprint density at radius 1 is 0.675 bits per heavy atom. The Bertz CT molecular complexity index is 1230. The van der Waals surface area contributed by atoms with E-state index in [1.165, 1.54) is 0 Å². The third-order valence-electron chi connectivity index (χ3n) is 9.61. The lowest BCUT2D eigenvalue weighted by Crippen LogP contribution is -2.59. The van der Waals surface area contributed by atoms with Gasteiger partial charge in [0.15, 0.2) is 23.0 Å². The molecular formula is C32H38N2O6. The minimum Gasteiger partial charge on any atom is -0.454 e. The summed E-state index contributed by atoms with van der Waals surface area (Å²) in [5, 5.41) is 0. The van der Waals surface area contributed by atoms with Crippen LogP contribution in [0.2, 0.25) is 0 Å². The van der Waals surface area contributed by atoms with Gasteiger partial charge in [0.25, 0.3) is 0 Å². The van der Waals surface area contributed by atoms with Crippen molar-refractivity contribution < 1.29 is 28.5 Å². The molecule has 0 spiro atoms. The third-order valence-corrected chi connectivity index (χ3v) is 9.61. The molecule has 2 atom stereocenters. The van der Waals surface area contributed by atoms with Crippen molar-refractivity contribution >= 4 is 11.8 Å². The maximum Gasteiger partial charge on any atom is 0.231 e. The Morgan fingerprint density at radius 3 is 1.85 bits per heavy atom. The van der Waals surface area contributed by atoms with Crippen molar-refractivity contribution in [3.05, 3.63) is 47.5 Å². The fourth-order valence-corrected chi connectivity index (χ4v) is 7.63. The number of likely N-dealkylation sites (tertiary alicyclic amines) is 2. The second-order valence-corrected chi connectivity index (χ2v) is 11.8. The van der Waals surface area contributed by atoms with Crippen LogP contribution < -0.4 is 18.9 Å². The molecule has 5 aliphatic rings. The number of aryl methyl sites for hydroxylation is 1. The quantitative estimate of drug-likeness (QED) is 0.521. The van der Waals surface area contributed by atoms with E-state index in [-0.39, 0.29) is 49.1 Å². The predicted octanol–water partition coefficient (Wildman–Crippen LogP) is 4.75. The van der Waals surface area contributed by atoms with Crippen LogP contribution in [0.3, 0.4) is 0 Å². The molecule has 2 saturated heterocycles. The van der Waals surface area contributed by atoms with Crippen molar-refractivity contribution in [1.82, 2.24) is 9.80 Å². The van der Waals surface area contributed by atoms with E-state index in [9.17, 15) is 9.59 Å². The molecule has 8 nitrogen and oxygen atoms in total. The summed E-state index contributed by atoms with van der Waals surface area (Å²) in [6, 6.07) is 11.9. The fraction of sp³-hybridized carbons (Fsp3) is 0.562. The molecule has 8 heteroatoms. The van der Waals surface area contributed by atoms with Crippen LogP contribution in [0.1, 0.15) is 62.0 Å². The lowest BCUT2D eigenvalue weighted by molar-refractivity contribution is -0.159. The average Bonchev–Trinajstić information content (AvgIpc) is 3.68. The average molecular weight is 547 g/mol. The first-order chi connectivity index (χ1) is 19.7. The molecule has 0 bridgehead atoms. The first-order valence-corrected chi connectivity index (χ1v) is 15.0. The number of benzene rings is 2. The number of ether oxygens (including phenoxy) is 4. The largest absolute Gasteiger partial charge is 0.454 e. The standard InChI is InChI=1S/C32H38N2O6/c35-31(33-15-3-1-4-16-33)27-22(14-13-21-9-7-11-24-29(21)39-19-37-24)28(32(36)34-17-5-2-6-18-34)26(27)23-10-8-12-25-30(23)40-20-38-25/h7-12,22,26-28H,1-6,13-20H2/t22?,26?,27-,28-/m0/s1. The molecule has 2 amide bonds. The Morgan fingerprint density at radius 2 is 1.23 bits per heavy atom. The molecule has 7 rings (SSSR count). The monoisotopic (exact) mass is 546 g/mol. The first kappa shape index (κ1) is 25.5. The van der Waals surface area contributed by atoms with Crippen molar-refractivity contribution in [1.29, 1.82) is 0 Å². The number of hydrogen-bond acceptors (Lipinski definition) is 6. The summed E-state index contributed by atoms with van der Waals surface area (Å²) in [7, 11) is 0. The van der Waals surface area contributed by atoms with E-state index in [0.29, 0.717) is 11.5 Å². The molecule has 1 saturated carbocycles. The van der Waals surface area contributed by atoms with Crippen LogP contribution in [0.4, 0.5) is 0 Å². The van der Waals surface area contributed by atoms with Gasteiger partial charge in [-0.2, -0.15) is 0 Å². The predicted molar refractivity (Wildman–Crippen MR) is 148 cm³/mol. The fourth-order valence-electron chi connectivity index (χ4n) is 7.63. The number of carbonyl (C=O) groups is 2. The van der Waals surface area contributed by atoms with Crippen LogP contribution in [0.5, 0.6) is 23.0 Å². The second-order valence-electron chi connectivity index (χ2n) is 11.8. The van der Waals surface area contributed by atoms with Gasteiger partial charge in [0.2, 0.25) is 25.4 Å². The maximum atomic E-state index is 14.3. The highest BCUT2D eigenvalue weighted by molar-refractivity contribution is 5.89. The summed E-state index contributed by atoms with van der Waals surface area (Å²) >= 11 is 0. The molecule has 4 heterocycles. The van der Waals surface area contributed by atoms with Crippen LogP contribution >= 0.6 is 0 Å². The number of fused-ring (bicyclic) bond motifs is 2. The minimum absolute atomic E-state index is 0.0646. The first-order valence-electron chi connectivity index (χ1n) is 15.0. The molecular weight excluding hydrogens is 508 g/mol. The Hall–Kier alpha value is -3.42. The van der Waals surface area contributed by atoms with Gasteiger partial charge in [-0.3, -0.25) is 9.59 Å². The molecule has 3 fully saturated rings. The topological polar surface area (TPSA) is 77.5 Å². The number of amides is 2. The molecule has 0 radical (unpaired) electrons. The summed E-state index contributed by atoms with van der Waals surface area (Å²) in [6.45, 7) is 3.57. The summed E-state index contributed by atoms with van der Waals surface area (Å²) in [4.78, 5) is 32.7. The molecule has 2 aromatic carbocycles. The Balaban J connectivity index is 1.25. The van der Waals surface area contributed by atoms with Gasteiger partial charge < -0.3 is 28.7 Å². The summed E-state index contributed by atoms with van der Waals surface area (Å²) in [5.41, 5.74) is 2.01. The van der Waals surface area contributed by atoms with Crippen molar-refractivity contribution in [2.24, 2.45) is 17.8 Å². The molecule has 0 unspecified atom stereocenters. The van der Waals surface area contributed by atoms with Crippen LogP contribution in [-0.2, 0) is 16.0 Å². The molecule has 4 aliphatic heterocycles. The number of rotatable bonds is 6. The normalized spacial score (nSPS) is 26.9. The van der Waals surface area contributed by atoms with Gasteiger partial charge in [0.05, 0.1) is 0 Å². The van der Waals surface area contributed by atoms with Gasteiger partial charge in [-0.15, -0.1) is 0 Å². The smallest absolute Gasteiger partial charge is 0.231 e. The Labute approximate surface area is 235 Å². The van der Waals surface area contributed by atoms with Crippen LogP contribution in [0.15, 0.2) is 36.4 Å². The molecule has 0 aromatic heterocycles. The van der Waals surface area contributed by atoms with Gasteiger partial charge >= 0.3 is 0 Å². The Kier molecular flexibility index (Phi) is 6.94. The highest BCUT2D eigenvalue weighted by atomic mass is 16.7. The number of para-hydroxylation sites is 2. The van der Waals surface area contributed by atoms with Gasteiger partial charge in [-0.05, 0) is 75.0 Å². The molecule has 40 heavy (non-hydrogen) atoms. The molecule has 212 valence electrons. The van der Waals surface area contributed by atoms with E-state index in [1.807, 2.05) is 40.1 Å². The maximum absolute atomic E-state index is 14.3. The van der Waals surface area contributed by atoms with E-state index in [1.54, 1.807) is 0 Å². The van der Waals surface area contributed by atoms with E-state index < -0.39 is 0 Å². The van der Waals surface area contributed by atoms with Crippen molar-refractivity contribution in [2.75, 3.05) is 39.8 Å². The van der Waals surface area contributed by atoms with Crippen molar-refractivity contribution in [2.45, 2.75) is 57.3 Å². The zero-order valence-electron chi connectivity index (χ0n) is 23.0. The SMILES string of the molecule is O=C([C@H]1C(CCc2cccc3c2OCO3)[C@H](C(=O)N2CCCCC2)C1c1cccc2c1OCO2)N1CCCCC1. The second kappa shape index (κ2) is 10.9.